The van der Waals surface area contributed by atoms with Gasteiger partial charge >= 0.3 is 5.97 Å². The molecule has 2 aromatic rings. The number of benzene rings is 2. The van der Waals surface area contributed by atoms with E-state index in [4.69, 9.17) is 18.9 Å². The van der Waals surface area contributed by atoms with Gasteiger partial charge in [-0.1, -0.05) is 30.3 Å². The Bertz CT molecular complexity index is 717. The lowest BCUT2D eigenvalue weighted by atomic mass is 10.1. The van der Waals surface area contributed by atoms with Crippen LogP contribution < -0.4 is 14.2 Å². The molecule has 0 aliphatic carbocycles. The Kier molecular flexibility index (Phi) is 5.91. The first kappa shape index (κ1) is 18.6. The predicted octanol–water partition coefficient (Wildman–Crippen LogP) is 4.24. The van der Waals surface area contributed by atoms with Gasteiger partial charge in [-0.25, -0.2) is 4.79 Å². The molecule has 2 rings (SSSR count). The maximum atomic E-state index is 12.4. The normalized spacial score (nSPS) is 10.9. The van der Waals surface area contributed by atoms with Crippen LogP contribution in [-0.2, 0) is 11.3 Å². The van der Waals surface area contributed by atoms with Crippen LogP contribution in [0, 0.1) is 0 Å². The van der Waals surface area contributed by atoms with E-state index >= 15 is 0 Å². The maximum Gasteiger partial charge on any atom is 0.338 e. The second-order valence-corrected chi connectivity index (χ2v) is 6.49. The average Bonchev–Trinajstić information content (AvgIpc) is 2.58. The van der Waals surface area contributed by atoms with Crippen LogP contribution in [0.3, 0.4) is 0 Å². The van der Waals surface area contributed by atoms with Crippen molar-refractivity contribution >= 4 is 5.97 Å². The van der Waals surface area contributed by atoms with Gasteiger partial charge in [0, 0.05) is 0 Å². The van der Waals surface area contributed by atoms with Gasteiger partial charge in [0.25, 0.3) is 0 Å². The standard InChI is InChI=1S/C20H24O5/c1-20(2,3)25-19(21)15-11-16(22-4)18(23-5)17(12-15)24-13-14-9-7-6-8-10-14/h6-12H,13H2,1-5H3. The number of rotatable bonds is 6. The van der Waals surface area contributed by atoms with Crippen molar-refractivity contribution in [2.75, 3.05) is 14.2 Å². The summed E-state index contributed by atoms with van der Waals surface area (Å²) in [6.45, 7) is 5.80. The zero-order chi connectivity index (χ0) is 18.4. The Morgan fingerprint density at radius 1 is 0.960 bits per heavy atom. The monoisotopic (exact) mass is 344 g/mol. The summed E-state index contributed by atoms with van der Waals surface area (Å²) in [5.41, 5.74) is 0.761. The molecule has 0 aliphatic heterocycles. The highest BCUT2D eigenvalue weighted by atomic mass is 16.6. The molecule has 0 saturated carbocycles. The van der Waals surface area contributed by atoms with Crippen molar-refractivity contribution in [3.63, 3.8) is 0 Å². The molecule has 25 heavy (non-hydrogen) atoms. The van der Waals surface area contributed by atoms with E-state index in [9.17, 15) is 4.79 Å². The van der Waals surface area contributed by atoms with E-state index in [2.05, 4.69) is 0 Å². The van der Waals surface area contributed by atoms with E-state index in [0.717, 1.165) is 5.56 Å². The van der Waals surface area contributed by atoms with Crippen LogP contribution in [-0.4, -0.2) is 25.8 Å². The van der Waals surface area contributed by atoms with Crippen molar-refractivity contribution < 1.29 is 23.7 Å². The molecule has 0 heterocycles. The Balaban J connectivity index is 2.32. The van der Waals surface area contributed by atoms with E-state index in [-0.39, 0.29) is 0 Å². The minimum atomic E-state index is -0.588. The second kappa shape index (κ2) is 7.92. The third-order valence-corrected chi connectivity index (χ3v) is 3.32. The molecule has 0 spiro atoms. The molecule has 0 bridgehead atoms. The zero-order valence-electron chi connectivity index (χ0n) is 15.3. The number of hydrogen-bond acceptors (Lipinski definition) is 5. The summed E-state index contributed by atoms with van der Waals surface area (Å²) >= 11 is 0. The van der Waals surface area contributed by atoms with Crippen molar-refractivity contribution in [2.24, 2.45) is 0 Å². The summed E-state index contributed by atoms with van der Waals surface area (Å²) in [4.78, 5) is 12.4. The van der Waals surface area contributed by atoms with Crippen molar-refractivity contribution in [2.45, 2.75) is 33.0 Å². The van der Waals surface area contributed by atoms with Crippen LogP contribution >= 0.6 is 0 Å². The molecule has 5 heteroatoms. The number of esters is 1. The number of carbonyl (C=O) groups excluding carboxylic acids is 1. The molecule has 0 aliphatic rings. The molecule has 0 radical (unpaired) electrons. The van der Waals surface area contributed by atoms with Crippen LogP contribution in [0.4, 0.5) is 0 Å². The maximum absolute atomic E-state index is 12.4. The number of methoxy groups -OCH3 is 2. The van der Waals surface area contributed by atoms with Gasteiger partial charge in [-0.05, 0) is 38.5 Å². The Hall–Kier alpha value is -2.69. The first-order chi connectivity index (χ1) is 11.8. The summed E-state index contributed by atoms with van der Waals surface area (Å²) in [5, 5.41) is 0. The van der Waals surface area contributed by atoms with Crippen LogP contribution in [0.15, 0.2) is 42.5 Å². The Morgan fingerprint density at radius 3 is 2.16 bits per heavy atom. The number of hydrogen-bond donors (Lipinski definition) is 0. The minimum absolute atomic E-state index is 0.343. The molecule has 0 atom stereocenters. The molecular formula is C20H24O5. The molecule has 0 saturated heterocycles. The topological polar surface area (TPSA) is 54.0 Å². The van der Waals surface area contributed by atoms with Gasteiger partial charge in [-0.15, -0.1) is 0 Å². The lowest BCUT2D eigenvalue weighted by Gasteiger charge is -2.21. The van der Waals surface area contributed by atoms with Gasteiger partial charge in [-0.3, -0.25) is 0 Å². The van der Waals surface area contributed by atoms with Gasteiger partial charge in [0.1, 0.15) is 12.2 Å². The summed E-state index contributed by atoms with van der Waals surface area (Å²) in [7, 11) is 3.04. The van der Waals surface area contributed by atoms with E-state index in [1.165, 1.54) is 14.2 Å². The Morgan fingerprint density at radius 2 is 1.60 bits per heavy atom. The smallest absolute Gasteiger partial charge is 0.338 e. The number of carbonyl (C=O) groups is 1. The molecular weight excluding hydrogens is 320 g/mol. The molecule has 5 nitrogen and oxygen atoms in total. The van der Waals surface area contributed by atoms with Crippen molar-refractivity contribution in [3.05, 3.63) is 53.6 Å². The van der Waals surface area contributed by atoms with Gasteiger partial charge in [-0.2, -0.15) is 0 Å². The van der Waals surface area contributed by atoms with Gasteiger partial charge in [0.15, 0.2) is 11.5 Å². The fourth-order valence-electron chi connectivity index (χ4n) is 2.23. The van der Waals surface area contributed by atoms with E-state index in [1.807, 2.05) is 51.1 Å². The molecule has 0 N–H and O–H groups in total. The zero-order valence-corrected chi connectivity index (χ0v) is 15.3. The van der Waals surface area contributed by atoms with Crippen molar-refractivity contribution in [1.82, 2.24) is 0 Å². The van der Waals surface area contributed by atoms with Crippen LogP contribution in [0.1, 0.15) is 36.7 Å². The van der Waals surface area contributed by atoms with E-state index in [1.54, 1.807) is 12.1 Å². The average molecular weight is 344 g/mol. The lowest BCUT2D eigenvalue weighted by Crippen LogP contribution is -2.24. The Labute approximate surface area is 148 Å². The third-order valence-electron chi connectivity index (χ3n) is 3.32. The van der Waals surface area contributed by atoms with Crippen LogP contribution in [0.2, 0.25) is 0 Å². The summed E-state index contributed by atoms with van der Waals surface area (Å²) in [6, 6.07) is 12.9. The van der Waals surface area contributed by atoms with Crippen molar-refractivity contribution in [3.8, 4) is 17.2 Å². The summed E-state index contributed by atoms with van der Waals surface area (Å²) in [6.07, 6.45) is 0. The molecule has 0 amide bonds. The van der Waals surface area contributed by atoms with Gasteiger partial charge in [0.05, 0.1) is 19.8 Å². The molecule has 0 unspecified atom stereocenters. The van der Waals surface area contributed by atoms with Crippen molar-refractivity contribution in [1.29, 1.82) is 0 Å². The highest BCUT2D eigenvalue weighted by Gasteiger charge is 2.22. The molecule has 0 aromatic heterocycles. The predicted molar refractivity (Wildman–Crippen MR) is 95.5 cm³/mol. The number of ether oxygens (including phenoxy) is 4. The van der Waals surface area contributed by atoms with Gasteiger partial charge < -0.3 is 18.9 Å². The first-order valence-corrected chi connectivity index (χ1v) is 8.00. The largest absolute Gasteiger partial charge is 0.493 e. The minimum Gasteiger partial charge on any atom is -0.493 e. The molecule has 2 aromatic carbocycles. The highest BCUT2D eigenvalue weighted by Crippen LogP contribution is 2.39. The van der Waals surface area contributed by atoms with E-state index < -0.39 is 11.6 Å². The first-order valence-electron chi connectivity index (χ1n) is 8.00. The highest BCUT2D eigenvalue weighted by molar-refractivity contribution is 5.91. The van der Waals surface area contributed by atoms with Crippen LogP contribution in [0.25, 0.3) is 0 Å². The van der Waals surface area contributed by atoms with Gasteiger partial charge in [0.2, 0.25) is 5.75 Å². The molecule has 0 fully saturated rings. The third kappa shape index (κ3) is 5.14. The second-order valence-electron chi connectivity index (χ2n) is 6.49. The summed E-state index contributed by atoms with van der Waals surface area (Å²) < 4.78 is 22.0. The fourth-order valence-corrected chi connectivity index (χ4v) is 2.23. The molecule has 134 valence electrons. The van der Waals surface area contributed by atoms with Crippen LogP contribution in [0.5, 0.6) is 17.2 Å². The summed E-state index contributed by atoms with van der Waals surface area (Å²) in [5.74, 6) is 0.823. The SMILES string of the molecule is COc1cc(C(=O)OC(C)(C)C)cc(OCc2ccccc2)c1OC. The fraction of sp³-hybridized carbons (Fsp3) is 0.350. The van der Waals surface area contributed by atoms with E-state index in [0.29, 0.717) is 29.4 Å². The quantitative estimate of drug-likeness (QED) is 0.734. The lowest BCUT2D eigenvalue weighted by molar-refractivity contribution is 0.00686.